The van der Waals surface area contributed by atoms with E-state index >= 15 is 0 Å². The third-order valence-electron chi connectivity index (χ3n) is 4.79. The second-order valence-corrected chi connectivity index (χ2v) is 6.09. The van der Waals surface area contributed by atoms with Crippen LogP contribution in [0.5, 0.6) is 5.75 Å². The van der Waals surface area contributed by atoms with E-state index in [1.54, 1.807) is 31.2 Å². The number of piperidine rings is 1. The summed E-state index contributed by atoms with van der Waals surface area (Å²) in [5, 5.41) is 0. The molecular weight excluding hydrogens is 296 g/mol. The van der Waals surface area contributed by atoms with Crippen molar-refractivity contribution >= 4 is 11.8 Å². The first kappa shape index (κ1) is 15.8. The second-order valence-electron chi connectivity index (χ2n) is 6.09. The van der Waals surface area contributed by atoms with Gasteiger partial charge >= 0.3 is 0 Å². The Bertz CT molecular complexity index is 604. The maximum Gasteiger partial charge on any atom is 0.257 e. The topological polar surface area (TPSA) is 59.1 Å². The third kappa shape index (κ3) is 3.03. The Morgan fingerprint density at radius 3 is 2.91 bits per heavy atom. The van der Waals surface area contributed by atoms with Crippen molar-refractivity contribution in [2.75, 3.05) is 40.5 Å². The number of hydrogen-bond donors (Lipinski definition) is 0. The van der Waals surface area contributed by atoms with E-state index < -0.39 is 0 Å². The van der Waals surface area contributed by atoms with Crippen molar-refractivity contribution in [1.82, 2.24) is 9.80 Å². The van der Waals surface area contributed by atoms with E-state index in [1.807, 2.05) is 17.0 Å². The molecule has 1 aromatic rings. The summed E-state index contributed by atoms with van der Waals surface area (Å²) in [7, 11) is 3.36. The number of likely N-dealkylation sites (tertiary alicyclic amines) is 1. The van der Waals surface area contributed by atoms with E-state index in [-0.39, 0.29) is 30.4 Å². The molecule has 0 bridgehead atoms. The van der Waals surface area contributed by atoms with Crippen LogP contribution in [-0.2, 0) is 9.53 Å². The van der Waals surface area contributed by atoms with Crippen molar-refractivity contribution in [3.05, 3.63) is 29.8 Å². The van der Waals surface area contributed by atoms with Gasteiger partial charge in [0.1, 0.15) is 12.4 Å². The first-order valence-electron chi connectivity index (χ1n) is 7.87. The summed E-state index contributed by atoms with van der Waals surface area (Å²) in [5.74, 6) is 0.789. The van der Waals surface area contributed by atoms with Gasteiger partial charge in [0.15, 0.2) is 0 Å². The fourth-order valence-corrected chi connectivity index (χ4v) is 3.37. The molecule has 2 amide bonds. The lowest BCUT2D eigenvalue weighted by Crippen LogP contribution is -2.54. The van der Waals surface area contributed by atoms with Gasteiger partial charge in [0.05, 0.1) is 25.3 Å². The highest BCUT2D eigenvalue weighted by Crippen LogP contribution is 2.27. The van der Waals surface area contributed by atoms with Crippen molar-refractivity contribution in [2.45, 2.75) is 12.5 Å². The molecule has 2 fully saturated rings. The number of rotatable bonds is 2. The Morgan fingerprint density at radius 2 is 2.13 bits per heavy atom. The molecule has 0 N–H and O–H groups in total. The molecule has 2 atom stereocenters. The van der Waals surface area contributed by atoms with Crippen molar-refractivity contribution in [3.63, 3.8) is 0 Å². The van der Waals surface area contributed by atoms with Crippen LogP contribution in [0.3, 0.4) is 0 Å². The van der Waals surface area contributed by atoms with Gasteiger partial charge in [0.2, 0.25) is 5.91 Å². The lowest BCUT2D eigenvalue weighted by Gasteiger charge is -2.41. The standard InChI is InChI=1S/C17H22N2O4/c1-18-14-9-19(8-7-12(14)10-23-11-16(18)20)17(21)13-5-3-4-6-15(13)22-2/h3-6,12,14H,7-11H2,1-2H3/t12-,14-/m0/s1. The molecule has 6 heteroatoms. The average molecular weight is 318 g/mol. The molecule has 2 saturated heterocycles. The van der Waals surface area contributed by atoms with Crippen LogP contribution in [0.2, 0.25) is 0 Å². The van der Waals surface area contributed by atoms with Crippen molar-refractivity contribution in [2.24, 2.45) is 5.92 Å². The number of carbonyl (C=O) groups is 2. The highest BCUT2D eigenvalue weighted by atomic mass is 16.5. The number of para-hydroxylation sites is 1. The fourth-order valence-electron chi connectivity index (χ4n) is 3.37. The Hall–Kier alpha value is -2.08. The fraction of sp³-hybridized carbons (Fsp3) is 0.529. The van der Waals surface area contributed by atoms with Gasteiger partial charge in [-0.05, 0) is 18.6 Å². The van der Waals surface area contributed by atoms with Gasteiger partial charge < -0.3 is 19.3 Å². The van der Waals surface area contributed by atoms with Gasteiger partial charge in [0.25, 0.3) is 5.91 Å². The van der Waals surface area contributed by atoms with Crippen LogP contribution in [0, 0.1) is 5.92 Å². The maximum atomic E-state index is 12.8. The molecule has 0 aliphatic carbocycles. The van der Waals surface area contributed by atoms with Crippen LogP contribution in [0.15, 0.2) is 24.3 Å². The van der Waals surface area contributed by atoms with Gasteiger partial charge in [-0.15, -0.1) is 0 Å². The Balaban J connectivity index is 1.79. The van der Waals surface area contributed by atoms with Crippen LogP contribution >= 0.6 is 0 Å². The molecule has 2 aliphatic heterocycles. The zero-order chi connectivity index (χ0) is 16.4. The summed E-state index contributed by atoms with van der Waals surface area (Å²) >= 11 is 0. The summed E-state index contributed by atoms with van der Waals surface area (Å²) < 4.78 is 10.7. The average Bonchev–Trinajstić information content (AvgIpc) is 2.73. The molecule has 1 aromatic carbocycles. The molecule has 3 rings (SSSR count). The summed E-state index contributed by atoms with van der Waals surface area (Å²) in [6.07, 6.45) is 0.836. The van der Waals surface area contributed by atoms with Gasteiger partial charge in [0, 0.05) is 26.1 Å². The van der Waals surface area contributed by atoms with Gasteiger partial charge in [-0.25, -0.2) is 0 Å². The number of fused-ring (bicyclic) bond motifs is 1. The number of likely N-dealkylation sites (N-methyl/N-ethyl adjacent to an activating group) is 1. The molecule has 0 aromatic heterocycles. The van der Waals surface area contributed by atoms with Crippen LogP contribution < -0.4 is 4.74 Å². The van der Waals surface area contributed by atoms with Crippen LogP contribution in [0.4, 0.5) is 0 Å². The smallest absolute Gasteiger partial charge is 0.257 e. The molecule has 23 heavy (non-hydrogen) atoms. The molecule has 0 saturated carbocycles. The summed E-state index contributed by atoms with van der Waals surface area (Å²) in [4.78, 5) is 28.4. The molecule has 6 nitrogen and oxygen atoms in total. The van der Waals surface area contributed by atoms with Gasteiger partial charge in [-0.1, -0.05) is 12.1 Å². The highest BCUT2D eigenvalue weighted by Gasteiger charge is 2.38. The van der Waals surface area contributed by atoms with Crippen molar-refractivity contribution < 1.29 is 19.1 Å². The number of nitrogens with zero attached hydrogens (tertiary/aromatic N) is 2. The van der Waals surface area contributed by atoms with Crippen LogP contribution in [0.1, 0.15) is 16.8 Å². The maximum absolute atomic E-state index is 12.8. The minimum absolute atomic E-state index is 0.0115. The summed E-state index contributed by atoms with van der Waals surface area (Å²) in [6, 6.07) is 7.25. The largest absolute Gasteiger partial charge is 0.496 e. The minimum atomic E-state index is -0.0492. The summed E-state index contributed by atoms with van der Waals surface area (Å²) in [5.41, 5.74) is 0.562. The number of amides is 2. The van der Waals surface area contributed by atoms with E-state index in [0.717, 1.165) is 6.42 Å². The van der Waals surface area contributed by atoms with E-state index in [1.165, 1.54) is 0 Å². The van der Waals surface area contributed by atoms with E-state index in [0.29, 0.717) is 31.0 Å². The number of carbonyl (C=O) groups excluding carboxylic acids is 2. The monoisotopic (exact) mass is 318 g/mol. The zero-order valence-corrected chi connectivity index (χ0v) is 13.5. The quantitative estimate of drug-likeness (QED) is 0.817. The van der Waals surface area contributed by atoms with E-state index in [4.69, 9.17) is 9.47 Å². The van der Waals surface area contributed by atoms with Gasteiger partial charge in [-0.2, -0.15) is 0 Å². The molecule has 2 heterocycles. The third-order valence-corrected chi connectivity index (χ3v) is 4.79. The first-order valence-corrected chi connectivity index (χ1v) is 7.87. The molecule has 2 aliphatic rings. The SMILES string of the molecule is COc1ccccc1C(=O)N1CC[C@H]2COCC(=O)N(C)[C@H]2C1. The number of ether oxygens (including phenoxy) is 2. The number of methoxy groups -OCH3 is 1. The lowest BCUT2D eigenvalue weighted by atomic mass is 9.91. The minimum Gasteiger partial charge on any atom is -0.496 e. The predicted molar refractivity (Wildman–Crippen MR) is 84.4 cm³/mol. The normalized spacial score (nSPS) is 24.9. The molecule has 0 unspecified atom stereocenters. The van der Waals surface area contributed by atoms with Crippen LogP contribution in [0.25, 0.3) is 0 Å². The Morgan fingerprint density at radius 1 is 1.35 bits per heavy atom. The lowest BCUT2D eigenvalue weighted by molar-refractivity contribution is -0.134. The van der Waals surface area contributed by atoms with E-state index in [2.05, 4.69) is 0 Å². The number of hydrogen-bond acceptors (Lipinski definition) is 4. The van der Waals surface area contributed by atoms with Crippen LogP contribution in [-0.4, -0.2) is 68.1 Å². The predicted octanol–water partition coefficient (Wildman–Crippen LogP) is 1.01. The Labute approximate surface area is 136 Å². The first-order chi connectivity index (χ1) is 11.1. The van der Waals surface area contributed by atoms with E-state index in [9.17, 15) is 9.59 Å². The molecule has 0 spiro atoms. The zero-order valence-electron chi connectivity index (χ0n) is 13.5. The van der Waals surface area contributed by atoms with Crippen molar-refractivity contribution in [3.8, 4) is 5.75 Å². The molecule has 124 valence electrons. The van der Waals surface area contributed by atoms with Gasteiger partial charge in [-0.3, -0.25) is 9.59 Å². The molecular formula is C17H22N2O4. The van der Waals surface area contributed by atoms with Crippen molar-refractivity contribution in [1.29, 1.82) is 0 Å². The Kier molecular flexibility index (Phi) is 4.52. The highest BCUT2D eigenvalue weighted by molar-refractivity contribution is 5.97. The second kappa shape index (κ2) is 6.58. The number of benzene rings is 1. The molecule has 0 radical (unpaired) electrons. The summed E-state index contributed by atoms with van der Waals surface area (Å²) in [6.45, 7) is 1.91.